The first-order valence-electron chi connectivity index (χ1n) is 8.91. The molecule has 2 atom stereocenters. The maximum atomic E-state index is 13.3. The van der Waals surface area contributed by atoms with Gasteiger partial charge in [0.1, 0.15) is 5.75 Å². The number of anilines is 1. The average molecular weight is 421 g/mol. The highest BCUT2D eigenvalue weighted by atomic mass is 79.9. The fourth-order valence-corrected chi connectivity index (χ4v) is 4.19. The van der Waals surface area contributed by atoms with Crippen molar-refractivity contribution in [1.82, 2.24) is 5.01 Å². The van der Waals surface area contributed by atoms with Crippen LogP contribution in [0.1, 0.15) is 28.4 Å². The lowest BCUT2D eigenvalue weighted by Crippen LogP contribution is -2.50. The van der Waals surface area contributed by atoms with Crippen LogP contribution in [0, 0.1) is 0 Å². The SMILES string of the molecule is O=C1c2ccccc2[C@@H]2C[C@@H](Oc3ccccc3)N1N2c1ccc(Br)cc1. The van der Waals surface area contributed by atoms with Gasteiger partial charge in [-0.05, 0) is 48.0 Å². The van der Waals surface area contributed by atoms with Crippen LogP contribution < -0.4 is 9.75 Å². The first kappa shape index (κ1) is 16.4. The lowest BCUT2D eigenvalue weighted by Gasteiger charge is -2.40. The molecule has 5 rings (SSSR count). The van der Waals surface area contributed by atoms with Crippen LogP contribution in [-0.2, 0) is 0 Å². The van der Waals surface area contributed by atoms with E-state index in [0.29, 0.717) is 6.42 Å². The number of carbonyl (C=O) groups is 1. The fraction of sp³-hybridized carbons (Fsp3) is 0.136. The third-order valence-electron chi connectivity index (χ3n) is 5.09. The maximum Gasteiger partial charge on any atom is 0.276 e. The Bertz CT molecular complexity index is 991. The van der Waals surface area contributed by atoms with Crippen LogP contribution in [0.3, 0.4) is 0 Å². The Morgan fingerprint density at radius 2 is 1.56 bits per heavy atom. The van der Waals surface area contributed by atoms with E-state index in [0.717, 1.165) is 27.0 Å². The van der Waals surface area contributed by atoms with Gasteiger partial charge in [0, 0.05) is 16.5 Å². The van der Waals surface area contributed by atoms with Crippen molar-refractivity contribution in [2.24, 2.45) is 0 Å². The molecule has 0 spiro atoms. The smallest absolute Gasteiger partial charge is 0.276 e. The standard InChI is InChI=1S/C22H17BrN2O2/c23-15-10-12-16(13-11-15)24-20-14-21(27-17-6-2-1-3-7-17)25(24)22(26)19-9-5-4-8-18(19)20/h1-13,20-21H,14H2/t20-,21+/m0/s1. The summed E-state index contributed by atoms with van der Waals surface area (Å²) in [6.07, 6.45) is 0.370. The van der Waals surface area contributed by atoms with E-state index in [9.17, 15) is 4.79 Å². The second-order valence-electron chi connectivity index (χ2n) is 6.70. The molecule has 2 bridgehead atoms. The molecule has 2 heterocycles. The highest BCUT2D eigenvalue weighted by Gasteiger charge is 2.50. The molecule has 0 aliphatic carbocycles. The minimum absolute atomic E-state index is 0.0248. The summed E-state index contributed by atoms with van der Waals surface area (Å²) in [6.45, 7) is 0. The number of hydrazine groups is 1. The predicted octanol–water partition coefficient (Wildman–Crippen LogP) is 5.18. The zero-order chi connectivity index (χ0) is 18.4. The van der Waals surface area contributed by atoms with Crippen molar-refractivity contribution in [2.75, 3.05) is 5.01 Å². The van der Waals surface area contributed by atoms with Crippen molar-refractivity contribution in [2.45, 2.75) is 18.7 Å². The number of halogens is 1. The molecule has 2 aliphatic heterocycles. The third-order valence-corrected chi connectivity index (χ3v) is 5.62. The van der Waals surface area contributed by atoms with Crippen molar-refractivity contribution in [3.8, 4) is 5.75 Å². The molecule has 0 radical (unpaired) electrons. The Labute approximate surface area is 166 Å². The van der Waals surface area contributed by atoms with Crippen LogP contribution in [0.15, 0.2) is 83.3 Å². The van der Waals surface area contributed by atoms with E-state index < -0.39 is 0 Å². The molecule has 0 unspecified atom stereocenters. The van der Waals surface area contributed by atoms with E-state index in [1.807, 2.05) is 78.9 Å². The molecule has 1 amide bonds. The van der Waals surface area contributed by atoms with E-state index in [4.69, 9.17) is 4.74 Å². The van der Waals surface area contributed by atoms with Crippen LogP contribution in [0.5, 0.6) is 5.75 Å². The Hall–Kier alpha value is -2.79. The number of rotatable bonds is 3. The Morgan fingerprint density at radius 1 is 0.852 bits per heavy atom. The average Bonchev–Trinajstić information content (AvgIpc) is 3.02. The molecule has 134 valence electrons. The van der Waals surface area contributed by atoms with Crippen LogP contribution in [0.2, 0.25) is 0 Å². The van der Waals surface area contributed by atoms with Gasteiger partial charge >= 0.3 is 0 Å². The van der Waals surface area contributed by atoms with E-state index in [1.54, 1.807) is 5.01 Å². The van der Waals surface area contributed by atoms with Crippen molar-refractivity contribution in [3.63, 3.8) is 0 Å². The zero-order valence-corrected chi connectivity index (χ0v) is 16.0. The van der Waals surface area contributed by atoms with Gasteiger partial charge in [-0.3, -0.25) is 9.80 Å². The Morgan fingerprint density at radius 3 is 2.33 bits per heavy atom. The number of carbonyl (C=O) groups excluding carboxylic acids is 1. The van der Waals surface area contributed by atoms with Gasteiger partial charge in [-0.2, -0.15) is 0 Å². The molecule has 0 saturated carbocycles. The molecule has 3 aromatic rings. The Balaban J connectivity index is 1.59. The largest absolute Gasteiger partial charge is 0.469 e. The lowest BCUT2D eigenvalue weighted by molar-refractivity contribution is 0.0355. The first-order chi connectivity index (χ1) is 13.2. The van der Waals surface area contributed by atoms with Gasteiger partial charge in [0.15, 0.2) is 6.23 Å². The molecule has 3 aromatic carbocycles. The van der Waals surface area contributed by atoms with Crippen molar-refractivity contribution in [1.29, 1.82) is 0 Å². The molecule has 4 nitrogen and oxygen atoms in total. The number of ether oxygens (including phenoxy) is 1. The van der Waals surface area contributed by atoms with Crippen molar-refractivity contribution >= 4 is 27.5 Å². The quantitative estimate of drug-likeness (QED) is 0.585. The summed E-state index contributed by atoms with van der Waals surface area (Å²) in [5, 5.41) is 3.84. The lowest BCUT2D eigenvalue weighted by atomic mass is 9.97. The summed E-state index contributed by atoms with van der Waals surface area (Å²) in [4.78, 5) is 13.3. The van der Waals surface area contributed by atoms with Gasteiger partial charge in [0.25, 0.3) is 5.91 Å². The summed E-state index contributed by atoms with van der Waals surface area (Å²) in [7, 11) is 0. The number of amides is 1. The van der Waals surface area contributed by atoms with E-state index in [2.05, 4.69) is 20.9 Å². The predicted molar refractivity (Wildman–Crippen MR) is 107 cm³/mol. The van der Waals surface area contributed by atoms with Crippen LogP contribution >= 0.6 is 15.9 Å². The van der Waals surface area contributed by atoms with Gasteiger partial charge in [-0.15, -0.1) is 0 Å². The van der Waals surface area contributed by atoms with Crippen LogP contribution in [0.4, 0.5) is 5.69 Å². The minimum atomic E-state index is -0.346. The normalized spacial score (nSPS) is 20.6. The van der Waals surface area contributed by atoms with Gasteiger partial charge in [-0.25, -0.2) is 5.01 Å². The van der Waals surface area contributed by atoms with Crippen LogP contribution in [-0.4, -0.2) is 17.1 Å². The van der Waals surface area contributed by atoms with E-state index in [-0.39, 0.29) is 18.2 Å². The van der Waals surface area contributed by atoms with Crippen molar-refractivity contribution < 1.29 is 9.53 Å². The second-order valence-corrected chi connectivity index (χ2v) is 7.61. The Kier molecular flexibility index (Phi) is 3.90. The third kappa shape index (κ3) is 2.70. The summed E-state index contributed by atoms with van der Waals surface area (Å²) in [5.74, 6) is 0.742. The first-order valence-corrected chi connectivity index (χ1v) is 9.70. The number of nitrogens with zero attached hydrogens (tertiary/aromatic N) is 2. The summed E-state index contributed by atoms with van der Waals surface area (Å²) in [5.41, 5.74) is 2.79. The monoisotopic (exact) mass is 420 g/mol. The van der Waals surface area contributed by atoms with Gasteiger partial charge in [0.2, 0.25) is 0 Å². The zero-order valence-electron chi connectivity index (χ0n) is 14.5. The molecule has 1 fully saturated rings. The molecule has 5 heteroatoms. The molecule has 1 saturated heterocycles. The highest BCUT2D eigenvalue weighted by molar-refractivity contribution is 9.10. The summed E-state index contributed by atoms with van der Waals surface area (Å²) < 4.78 is 7.23. The molecular formula is C22H17BrN2O2. The number of para-hydroxylation sites is 1. The van der Waals surface area contributed by atoms with Crippen LogP contribution in [0.25, 0.3) is 0 Å². The number of fused-ring (bicyclic) bond motifs is 4. The maximum absolute atomic E-state index is 13.3. The summed E-state index contributed by atoms with van der Waals surface area (Å²) >= 11 is 3.49. The fourth-order valence-electron chi connectivity index (χ4n) is 3.93. The number of hydrogen-bond acceptors (Lipinski definition) is 3. The molecule has 2 aliphatic rings. The highest BCUT2D eigenvalue weighted by Crippen LogP contribution is 2.46. The van der Waals surface area contributed by atoms with Gasteiger partial charge in [0.05, 0.1) is 11.7 Å². The second kappa shape index (κ2) is 6.43. The van der Waals surface area contributed by atoms with Crippen molar-refractivity contribution in [3.05, 3.63) is 94.5 Å². The van der Waals surface area contributed by atoms with Gasteiger partial charge < -0.3 is 4.74 Å². The number of benzene rings is 3. The molecule has 0 aromatic heterocycles. The van der Waals surface area contributed by atoms with Gasteiger partial charge in [-0.1, -0.05) is 52.3 Å². The molecular weight excluding hydrogens is 404 g/mol. The minimum Gasteiger partial charge on any atom is -0.469 e. The summed E-state index contributed by atoms with van der Waals surface area (Å²) in [6, 6.07) is 25.6. The topological polar surface area (TPSA) is 32.8 Å². The van der Waals surface area contributed by atoms with E-state index >= 15 is 0 Å². The molecule has 0 N–H and O–H groups in total. The number of hydrogen-bond donors (Lipinski definition) is 0. The molecule has 27 heavy (non-hydrogen) atoms. The van der Waals surface area contributed by atoms with E-state index in [1.165, 1.54) is 0 Å².